The molecule has 1 saturated carbocycles. The number of methoxy groups -OCH3 is 1. The number of nitrogens with zero attached hydrogens (tertiary/aromatic N) is 2. The summed E-state index contributed by atoms with van der Waals surface area (Å²) in [4.78, 5) is 17.0. The quantitative estimate of drug-likeness (QED) is 0.856. The second kappa shape index (κ2) is 6.89. The molecule has 2 aliphatic rings. The average Bonchev–Trinajstić information content (AvgIpc) is 2.60. The number of hydrogen-bond donors (Lipinski definition) is 0. The van der Waals surface area contributed by atoms with Crippen molar-refractivity contribution in [3.63, 3.8) is 0 Å². The van der Waals surface area contributed by atoms with Crippen LogP contribution in [-0.2, 0) is 9.47 Å². The fourth-order valence-electron chi connectivity index (χ4n) is 3.62. The van der Waals surface area contributed by atoms with E-state index in [-0.39, 0.29) is 24.2 Å². The maximum absolute atomic E-state index is 13.0. The fourth-order valence-corrected chi connectivity index (χ4v) is 3.62. The summed E-state index contributed by atoms with van der Waals surface area (Å²) in [6, 6.07) is 7.94. The summed E-state index contributed by atoms with van der Waals surface area (Å²) in [7, 11) is 5.72. The van der Waals surface area contributed by atoms with E-state index in [0.29, 0.717) is 13.2 Å². The molecule has 0 N–H and O–H groups in total. The van der Waals surface area contributed by atoms with E-state index in [1.807, 2.05) is 48.2 Å². The summed E-state index contributed by atoms with van der Waals surface area (Å²) in [5, 5.41) is 0. The van der Waals surface area contributed by atoms with Crippen molar-refractivity contribution in [2.75, 3.05) is 39.3 Å². The fraction of sp³-hybridized carbons (Fsp3) is 0.611. The lowest BCUT2D eigenvalue weighted by Gasteiger charge is -2.45. The van der Waals surface area contributed by atoms with Gasteiger partial charge in [0.25, 0.3) is 5.91 Å². The first-order chi connectivity index (χ1) is 11.1. The first-order valence-electron chi connectivity index (χ1n) is 8.33. The van der Waals surface area contributed by atoms with Crippen LogP contribution in [0.2, 0.25) is 0 Å². The van der Waals surface area contributed by atoms with Crippen molar-refractivity contribution in [3.05, 3.63) is 29.8 Å². The number of benzene rings is 1. The van der Waals surface area contributed by atoms with Gasteiger partial charge in [0.15, 0.2) is 0 Å². The standard InChI is InChI=1S/C18H26N2O3/c1-19(2)14-6-4-5-13(11-14)18(21)20-9-10-23-17-8-7-15(22-3)12-16(17)20/h4-6,11,15-17H,7-10,12H2,1-3H3. The van der Waals surface area contributed by atoms with Gasteiger partial charge in [-0.2, -0.15) is 0 Å². The van der Waals surface area contributed by atoms with Gasteiger partial charge in [-0.25, -0.2) is 0 Å². The van der Waals surface area contributed by atoms with Gasteiger partial charge in [0, 0.05) is 39.0 Å². The van der Waals surface area contributed by atoms with Crippen LogP contribution < -0.4 is 4.90 Å². The molecule has 5 nitrogen and oxygen atoms in total. The number of hydrogen-bond acceptors (Lipinski definition) is 4. The van der Waals surface area contributed by atoms with Gasteiger partial charge in [-0.05, 0) is 37.5 Å². The molecule has 5 heteroatoms. The third-order valence-electron chi connectivity index (χ3n) is 4.97. The van der Waals surface area contributed by atoms with Gasteiger partial charge >= 0.3 is 0 Å². The topological polar surface area (TPSA) is 42.0 Å². The Morgan fingerprint density at radius 2 is 2.17 bits per heavy atom. The summed E-state index contributed by atoms with van der Waals surface area (Å²) in [6.07, 6.45) is 3.21. The van der Waals surface area contributed by atoms with Gasteiger partial charge in [0.2, 0.25) is 0 Å². The second-order valence-corrected chi connectivity index (χ2v) is 6.59. The maximum atomic E-state index is 13.0. The van der Waals surface area contributed by atoms with Crippen LogP contribution in [0.25, 0.3) is 0 Å². The number of amides is 1. The molecule has 1 aromatic carbocycles. The minimum absolute atomic E-state index is 0.101. The van der Waals surface area contributed by atoms with Crippen molar-refractivity contribution < 1.29 is 14.3 Å². The van der Waals surface area contributed by atoms with E-state index in [4.69, 9.17) is 9.47 Å². The summed E-state index contributed by atoms with van der Waals surface area (Å²) in [5.41, 5.74) is 1.79. The molecule has 126 valence electrons. The molecule has 1 amide bonds. The Hall–Kier alpha value is -1.59. The molecular formula is C18H26N2O3. The molecular weight excluding hydrogens is 292 g/mol. The van der Waals surface area contributed by atoms with E-state index >= 15 is 0 Å². The Morgan fingerprint density at radius 1 is 1.35 bits per heavy atom. The molecule has 0 bridgehead atoms. The van der Waals surface area contributed by atoms with Gasteiger partial charge in [0.05, 0.1) is 24.9 Å². The summed E-state index contributed by atoms with van der Waals surface area (Å²) in [6.45, 7) is 1.28. The molecule has 1 aromatic rings. The summed E-state index contributed by atoms with van der Waals surface area (Å²) >= 11 is 0. The van der Waals surface area contributed by atoms with Crippen molar-refractivity contribution in [3.8, 4) is 0 Å². The molecule has 1 heterocycles. The lowest BCUT2D eigenvalue weighted by molar-refractivity contribution is -0.101. The zero-order valence-electron chi connectivity index (χ0n) is 14.2. The van der Waals surface area contributed by atoms with Crippen LogP contribution in [0.15, 0.2) is 24.3 Å². The predicted octanol–water partition coefficient (Wildman–Crippen LogP) is 2.16. The molecule has 0 aromatic heterocycles. The minimum atomic E-state index is 0.101. The van der Waals surface area contributed by atoms with E-state index in [1.54, 1.807) is 7.11 Å². The van der Waals surface area contributed by atoms with Crippen molar-refractivity contribution in [1.82, 2.24) is 4.90 Å². The largest absolute Gasteiger partial charge is 0.381 e. The molecule has 1 aliphatic carbocycles. The van der Waals surface area contributed by atoms with Crippen LogP contribution in [0.3, 0.4) is 0 Å². The second-order valence-electron chi connectivity index (χ2n) is 6.59. The Morgan fingerprint density at radius 3 is 2.91 bits per heavy atom. The zero-order valence-corrected chi connectivity index (χ0v) is 14.2. The number of ether oxygens (including phenoxy) is 2. The van der Waals surface area contributed by atoms with E-state index in [9.17, 15) is 4.79 Å². The van der Waals surface area contributed by atoms with Crippen LogP contribution in [0, 0.1) is 0 Å². The highest BCUT2D eigenvalue weighted by Crippen LogP contribution is 2.31. The van der Waals surface area contributed by atoms with Gasteiger partial charge < -0.3 is 19.3 Å². The zero-order chi connectivity index (χ0) is 16.4. The van der Waals surface area contributed by atoms with Gasteiger partial charge in [-0.1, -0.05) is 6.07 Å². The van der Waals surface area contributed by atoms with Gasteiger partial charge in [-0.3, -0.25) is 4.79 Å². The van der Waals surface area contributed by atoms with Gasteiger partial charge in [0.1, 0.15) is 0 Å². The molecule has 2 fully saturated rings. The van der Waals surface area contributed by atoms with E-state index in [2.05, 4.69) is 0 Å². The Labute approximate surface area is 138 Å². The van der Waals surface area contributed by atoms with Crippen LogP contribution in [-0.4, -0.2) is 63.4 Å². The Kier molecular flexibility index (Phi) is 4.87. The SMILES string of the molecule is COC1CCC2OCCN(C(=O)c3cccc(N(C)C)c3)C2C1. The average molecular weight is 318 g/mol. The third-order valence-corrected chi connectivity index (χ3v) is 4.97. The normalized spacial score (nSPS) is 27.4. The lowest BCUT2D eigenvalue weighted by Crippen LogP contribution is -2.56. The number of fused-ring (bicyclic) bond motifs is 1. The minimum Gasteiger partial charge on any atom is -0.381 e. The molecule has 3 atom stereocenters. The Bertz CT molecular complexity index is 561. The van der Waals surface area contributed by atoms with Crippen molar-refractivity contribution >= 4 is 11.6 Å². The molecule has 1 aliphatic heterocycles. The van der Waals surface area contributed by atoms with E-state index in [0.717, 1.165) is 30.5 Å². The maximum Gasteiger partial charge on any atom is 0.254 e. The highest BCUT2D eigenvalue weighted by molar-refractivity contribution is 5.95. The highest BCUT2D eigenvalue weighted by Gasteiger charge is 2.40. The highest BCUT2D eigenvalue weighted by atomic mass is 16.5. The molecule has 1 saturated heterocycles. The van der Waals surface area contributed by atoms with Crippen molar-refractivity contribution in [1.29, 1.82) is 0 Å². The number of anilines is 1. The summed E-state index contributed by atoms with van der Waals surface area (Å²) in [5.74, 6) is 0.101. The van der Waals surface area contributed by atoms with E-state index < -0.39 is 0 Å². The molecule has 0 radical (unpaired) electrons. The van der Waals surface area contributed by atoms with Gasteiger partial charge in [-0.15, -0.1) is 0 Å². The van der Waals surface area contributed by atoms with Crippen LogP contribution in [0.5, 0.6) is 0 Å². The van der Waals surface area contributed by atoms with Crippen LogP contribution in [0.1, 0.15) is 29.6 Å². The number of carbonyl (C=O) groups is 1. The van der Waals surface area contributed by atoms with Crippen molar-refractivity contribution in [2.24, 2.45) is 0 Å². The molecule has 3 unspecified atom stereocenters. The number of morpholine rings is 1. The first-order valence-corrected chi connectivity index (χ1v) is 8.33. The Balaban J connectivity index is 1.81. The number of rotatable bonds is 3. The lowest BCUT2D eigenvalue weighted by atomic mass is 9.87. The third kappa shape index (κ3) is 3.35. The van der Waals surface area contributed by atoms with Crippen LogP contribution in [0.4, 0.5) is 5.69 Å². The number of carbonyl (C=O) groups excluding carboxylic acids is 1. The predicted molar refractivity (Wildman–Crippen MR) is 90.0 cm³/mol. The molecule has 23 heavy (non-hydrogen) atoms. The van der Waals surface area contributed by atoms with E-state index in [1.165, 1.54) is 0 Å². The van der Waals surface area contributed by atoms with Crippen molar-refractivity contribution in [2.45, 2.75) is 37.5 Å². The summed E-state index contributed by atoms with van der Waals surface area (Å²) < 4.78 is 11.4. The smallest absolute Gasteiger partial charge is 0.254 e. The molecule has 0 spiro atoms. The monoisotopic (exact) mass is 318 g/mol. The first kappa shape index (κ1) is 16.3. The van der Waals surface area contributed by atoms with Crippen LogP contribution >= 0.6 is 0 Å². The molecule has 3 rings (SSSR count).